The van der Waals surface area contributed by atoms with Gasteiger partial charge >= 0.3 is 6.09 Å². The Morgan fingerprint density at radius 3 is 2.59 bits per heavy atom. The highest BCUT2D eigenvalue weighted by molar-refractivity contribution is 5.93. The molecule has 0 radical (unpaired) electrons. The van der Waals surface area contributed by atoms with Crippen LogP contribution in [0.15, 0.2) is 78.9 Å². The summed E-state index contributed by atoms with van der Waals surface area (Å²) < 4.78 is 10.8. The molecule has 2 aromatic rings. The van der Waals surface area contributed by atoms with Gasteiger partial charge in [-0.3, -0.25) is 4.79 Å². The second kappa shape index (κ2) is 10.3. The predicted octanol–water partition coefficient (Wildman–Crippen LogP) is 4.68. The van der Waals surface area contributed by atoms with Crippen LogP contribution in [0.25, 0.3) is 0 Å². The SMILES string of the molecule is C/C=C\C=C/C1COC(=O)N1C(=O)CCc1ccc(OCc2ccccc2)cc1. The van der Waals surface area contributed by atoms with Crippen molar-refractivity contribution in [3.63, 3.8) is 0 Å². The third-order valence-electron chi connectivity index (χ3n) is 4.61. The Labute approximate surface area is 171 Å². The van der Waals surface area contributed by atoms with Gasteiger partial charge in [-0.1, -0.05) is 66.8 Å². The first-order chi connectivity index (χ1) is 14.2. The van der Waals surface area contributed by atoms with Gasteiger partial charge < -0.3 is 9.47 Å². The fourth-order valence-corrected chi connectivity index (χ4v) is 3.03. The molecule has 150 valence electrons. The zero-order valence-electron chi connectivity index (χ0n) is 16.5. The van der Waals surface area contributed by atoms with Gasteiger partial charge in [0.1, 0.15) is 19.0 Å². The van der Waals surface area contributed by atoms with E-state index in [1.807, 2.05) is 85.8 Å². The summed E-state index contributed by atoms with van der Waals surface area (Å²) in [6.45, 7) is 2.62. The zero-order valence-corrected chi connectivity index (χ0v) is 16.5. The molecule has 29 heavy (non-hydrogen) atoms. The van der Waals surface area contributed by atoms with Crippen molar-refractivity contribution in [2.75, 3.05) is 6.61 Å². The van der Waals surface area contributed by atoms with Gasteiger partial charge in [0.05, 0.1) is 6.04 Å². The van der Waals surface area contributed by atoms with Crippen molar-refractivity contribution in [1.29, 1.82) is 0 Å². The number of rotatable bonds is 8. The lowest BCUT2D eigenvalue weighted by Gasteiger charge is -2.16. The number of amides is 2. The number of carbonyl (C=O) groups is 2. The Hall–Kier alpha value is -3.34. The summed E-state index contributed by atoms with van der Waals surface area (Å²) in [7, 11) is 0. The minimum Gasteiger partial charge on any atom is -0.489 e. The molecule has 0 bridgehead atoms. The maximum Gasteiger partial charge on any atom is 0.417 e. The zero-order chi connectivity index (χ0) is 20.5. The average molecular weight is 391 g/mol. The molecule has 3 rings (SSSR count). The Bertz CT molecular complexity index is 872. The molecule has 1 aliphatic heterocycles. The molecule has 1 fully saturated rings. The fraction of sp³-hybridized carbons (Fsp3) is 0.250. The molecule has 1 aliphatic rings. The van der Waals surface area contributed by atoms with Gasteiger partial charge in [-0.05, 0) is 36.6 Å². The van der Waals surface area contributed by atoms with Gasteiger partial charge in [-0.2, -0.15) is 0 Å². The first-order valence-electron chi connectivity index (χ1n) is 9.71. The highest BCUT2D eigenvalue weighted by Crippen LogP contribution is 2.18. The summed E-state index contributed by atoms with van der Waals surface area (Å²) >= 11 is 0. The van der Waals surface area contributed by atoms with Crippen LogP contribution in [0.2, 0.25) is 0 Å². The predicted molar refractivity (Wildman–Crippen MR) is 111 cm³/mol. The Balaban J connectivity index is 1.51. The number of cyclic esters (lactones) is 1. The molecule has 0 aliphatic carbocycles. The van der Waals surface area contributed by atoms with Crippen LogP contribution in [-0.2, 0) is 22.6 Å². The van der Waals surface area contributed by atoms with E-state index >= 15 is 0 Å². The van der Waals surface area contributed by atoms with Crippen LogP contribution < -0.4 is 4.74 Å². The summed E-state index contributed by atoms with van der Waals surface area (Å²) in [5.74, 6) is 0.549. The molecular formula is C24H25NO4. The van der Waals surface area contributed by atoms with Gasteiger partial charge in [0, 0.05) is 6.42 Å². The second-order valence-electron chi connectivity index (χ2n) is 6.74. The van der Waals surface area contributed by atoms with Crippen molar-refractivity contribution in [3.05, 3.63) is 90.0 Å². The molecule has 0 aromatic heterocycles. The summed E-state index contributed by atoms with van der Waals surface area (Å²) in [4.78, 5) is 25.7. The molecule has 1 heterocycles. The van der Waals surface area contributed by atoms with Gasteiger partial charge in [0.15, 0.2) is 0 Å². The first-order valence-corrected chi connectivity index (χ1v) is 9.71. The highest BCUT2D eigenvalue weighted by Gasteiger charge is 2.35. The van der Waals surface area contributed by atoms with Crippen LogP contribution in [0.4, 0.5) is 4.79 Å². The number of aryl methyl sites for hydroxylation is 1. The van der Waals surface area contributed by atoms with E-state index < -0.39 is 6.09 Å². The molecule has 2 amide bonds. The number of allylic oxidation sites excluding steroid dienone is 3. The lowest BCUT2D eigenvalue weighted by atomic mass is 10.1. The second-order valence-corrected chi connectivity index (χ2v) is 6.74. The molecule has 5 heteroatoms. The monoisotopic (exact) mass is 391 g/mol. The number of nitrogens with zero attached hydrogens (tertiary/aromatic N) is 1. The van der Waals surface area contributed by atoms with E-state index in [1.165, 1.54) is 4.90 Å². The molecule has 1 unspecified atom stereocenters. The lowest BCUT2D eigenvalue weighted by Crippen LogP contribution is -2.38. The van der Waals surface area contributed by atoms with E-state index in [0.717, 1.165) is 16.9 Å². The van der Waals surface area contributed by atoms with Crippen molar-refractivity contribution in [3.8, 4) is 5.75 Å². The third kappa shape index (κ3) is 5.82. The van der Waals surface area contributed by atoms with Crippen molar-refractivity contribution >= 4 is 12.0 Å². The number of ether oxygens (including phenoxy) is 2. The minimum absolute atomic E-state index is 0.200. The van der Waals surface area contributed by atoms with Crippen molar-refractivity contribution < 1.29 is 19.1 Å². The maximum absolute atomic E-state index is 12.5. The molecule has 0 saturated carbocycles. The van der Waals surface area contributed by atoms with Gasteiger partial charge in [-0.25, -0.2) is 9.69 Å². The summed E-state index contributed by atoms with van der Waals surface area (Å²) in [6, 6.07) is 17.3. The van der Waals surface area contributed by atoms with Crippen LogP contribution in [0, 0.1) is 0 Å². The fourth-order valence-electron chi connectivity index (χ4n) is 3.03. The Morgan fingerprint density at radius 1 is 1.10 bits per heavy atom. The van der Waals surface area contributed by atoms with Crippen molar-refractivity contribution in [1.82, 2.24) is 4.90 Å². The van der Waals surface area contributed by atoms with E-state index in [9.17, 15) is 9.59 Å². The van der Waals surface area contributed by atoms with Crippen LogP contribution in [0.3, 0.4) is 0 Å². The van der Waals surface area contributed by atoms with Crippen LogP contribution in [0.5, 0.6) is 5.75 Å². The molecule has 1 saturated heterocycles. The van der Waals surface area contributed by atoms with E-state index in [1.54, 1.807) is 0 Å². The molecular weight excluding hydrogens is 366 g/mol. The van der Waals surface area contributed by atoms with Crippen LogP contribution >= 0.6 is 0 Å². The molecule has 1 atom stereocenters. The van der Waals surface area contributed by atoms with Crippen LogP contribution in [-0.4, -0.2) is 29.5 Å². The smallest absolute Gasteiger partial charge is 0.417 e. The Morgan fingerprint density at radius 2 is 1.86 bits per heavy atom. The Kier molecular flexibility index (Phi) is 7.22. The molecule has 0 N–H and O–H groups in total. The van der Waals surface area contributed by atoms with E-state index in [-0.39, 0.29) is 25.0 Å². The van der Waals surface area contributed by atoms with Gasteiger partial charge in [0.25, 0.3) is 0 Å². The first kappa shape index (κ1) is 20.4. The largest absolute Gasteiger partial charge is 0.489 e. The summed E-state index contributed by atoms with van der Waals surface area (Å²) in [6.07, 6.45) is 7.58. The molecule has 2 aromatic carbocycles. The number of hydrogen-bond acceptors (Lipinski definition) is 4. The van der Waals surface area contributed by atoms with Crippen molar-refractivity contribution in [2.24, 2.45) is 0 Å². The quantitative estimate of drug-likeness (QED) is 0.613. The van der Waals surface area contributed by atoms with Crippen molar-refractivity contribution in [2.45, 2.75) is 32.4 Å². The number of imide groups is 1. The number of benzene rings is 2. The van der Waals surface area contributed by atoms with E-state index in [0.29, 0.717) is 13.0 Å². The van der Waals surface area contributed by atoms with Gasteiger partial charge in [0.2, 0.25) is 5.91 Å². The van der Waals surface area contributed by atoms with E-state index in [2.05, 4.69) is 0 Å². The topological polar surface area (TPSA) is 55.8 Å². The third-order valence-corrected chi connectivity index (χ3v) is 4.61. The standard InChI is InChI=1S/C24H25NO4/c1-2-3-5-10-21-18-29-24(27)25(21)23(26)16-13-19-11-14-22(15-12-19)28-17-20-8-6-4-7-9-20/h2-12,14-15,21H,13,16-18H2,1H3/b3-2-,10-5-. The molecule has 0 spiro atoms. The summed E-state index contributed by atoms with van der Waals surface area (Å²) in [5, 5.41) is 0. The number of carbonyl (C=O) groups excluding carboxylic acids is 2. The van der Waals surface area contributed by atoms with Gasteiger partial charge in [-0.15, -0.1) is 0 Å². The lowest BCUT2D eigenvalue weighted by molar-refractivity contribution is -0.128. The highest BCUT2D eigenvalue weighted by atomic mass is 16.6. The number of hydrogen-bond donors (Lipinski definition) is 0. The summed E-state index contributed by atoms with van der Waals surface area (Å²) in [5.41, 5.74) is 2.12. The maximum atomic E-state index is 12.5. The average Bonchev–Trinajstić information content (AvgIpc) is 3.12. The minimum atomic E-state index is -0.574. The normalized spacial score (nSPS) is 16.5. The van der Waals surface area contributed by atoms with E-state index in [4.69, 9.17) is 9.47 Å². The molecule has 5 nitrogen and oxygen atoms in total. The van der Waals surface area contributed by atoms with Crippen LogP contribution in [0.1, 0.15) is 24.5 Å².